The van der Waals surface area contributed by atoms with Crippen LogP contribution in [-0.4, -0.2) is 22.1 Å². The van der Waals surface area contributed by atoms with Crippen molar-refractivity contribution >= 4 is 0 Å². The summed E-state index contributed by atoms with van der Waals surface area (Å²) in [4.78, 5) is 15.2. The van der Waals surface area contributed by atoms with E-state index in [0.717, 1.165) is 19.0 Å². The molecule has 0 radical (unpaired) electrons. The summed E-state index contributed by atoms with van der Waals surface area (Å²) in [5.41, 5.74) is -0.152. The van der Waals surface area contributed by atoms with E-state index in [4.69, 9.17) is 0 Å². The van der Waals surface area contributed by atoms with Gasteiger partial charge in [0.15, 0.2) is 0 Å². The molecule has 15 heavy (non-hydrogen) atoms. The summed E-state index contributed by atoms with van der Waals surface area (Å²) in [6.07, 6.45) is 5.92. The maximum atomic E-state index is 11.4. The molecule has 1 unspecified atom stereocenters. The fourth-order valence-electron chi connectivity index (χ4n) is 1.88. The predicted octanol–water partition coefficient (Wildman–Crippen LogP) is 0.631. The molecule has 82 valence electrons. The molecular formula is C11H17N3O. The molecule has 4 nitrogen and oxygen atoms in total. The van der Waals surface area contributed by atoms with Crippen molar-refractivity contribution in [1.29, 1.82) is 0 Å². The third-order valence-corrected chi connectivity index (χ3v) is 2.83. The van der Waals surface area contributed by atoms with Crippen LogP contribution in [0.25, 0.3) is 0 Å². The summed E-state index contributed by atoms with van der Waals surface area (Å²) < 4.78 is 1.69. The van der Waals surface area contributed by atoms with Gasteiger partial charge < -0.3 is 5.32 Å². The van der Waals surface area contributed by atoms with E-state index in [1.54, 1.807) is 10.6 Å². The van der Waals surface area contributed by atoms with Crippen molar-refractivity contribution in [3.05, 3.63) is 28.9 Å². The van der Waals surface area contributed by atoms with E-state index in [1.807, 2.05) is 6.20 Å². The molecule has 1 heterocycles. The highest BCUT2D eigenvalue weighted by atomic mass is 16.1. The van der Waals surface area contributed by atoms with E-state index in [-0.39, 0.29) is 5.69 Å². The lowest BCUT2D eigenvalue weighted by Crippen LogP contribution is -2.38. The zero-order chi connectivity index (χ0) is 10.7. The van der Waals surface area contributed by atoms with Gasteiger partial charge in [0, 0.05) is 25.0 Å². The molecule has 1 aliphatic rings. The number of nitrogens with one attached hydrogen (secondary N) is 1. The first-order valence-corrected chi connectivity index (χ1v) is 5.56. The van der Waals surface area contributed by atoms with Crippen LogP contribution in [0.2, 0.25) is 0 Å². The standard InChI is InChI=1S/C11H17N3O/c1-2-12-10(9-4-5-9)8-14-7-3-6-13-11(14)15/h3,6-7,9-10,12H,2,4-5,8H2,1H3. The average Bonchev–Trinajstić information content (AvgIpc) is 3.04. The van der Waals surface area contributed by atoms with Crippen molar-refractivity contribution in [2.24, 2.45) is 5.92 Å². The third kappa shape index (κ3) is 2.65. The van der Waals surface area contributed by atoms with Crippen LogP contribution in [0.15, 0.2) is 23.3 Å². The molecule has 1 aromatic rings. The second-order valence-corrected chi connectivity index (χ2v) is 4.06. The van der Waals surface area contributed by atoms with E-state index in [2.05, 4.69) is 17.2 Å². The van der Waals surface area contributed by atoms with Crippen LogP contribution in [0.1, 0.15) is 19.8 Å². The molecule has 0 bridgehead atoms. The van der Waals surface area contributed by atoms with Crippen LogP contribution < -0.4 is 11.0 Å². The van der Waals surface area contributed by atoms with Gasteiger partial charge >= 0.3 is 5.69 Å². The molecule has 1 fully saturated rings. The summed E-state index contributed by atoms with van der Waals surface area (Å²) >= 11 is 0. The lowest BCUT2D eigenvalue weighted by atomic mass is 10.2. The van der Waals surface area contributed by atoms with Gasteiger partial charge in [-0.3, -0.25) is 4.57 Å². The normalized spacial score (nSPS) is 17.7. The molecule has 2 rings (SSSR count). The van der Waals surface area contributed by atoms with Gasteiger partial charge in [0.2, 0.25) is 0 Å². The second kappa shape index (κ2) is 4.57. The van der Waals surface area contributed by atoms with Crippen molar-refractivity contribution in [3.8, 4) is 0 Å². The van der Waals surface area contributed by atoms with Gasteiger partial charge in [-0.15, -0.1) is 0 Å². The van der Waals surface area contributed by atoms with Gasteiger partial charge in [0.25, 0.3) is 0 Å². The van der Waals surface area contributed by atoms with Crippen molar-refractivity contribution in [3.63, 3.8) is 0 Å². The minimum absolute atomic E-state index is 0.152. The minimum atomic E-state index is -0.152. The largest absolute Gasteiger partial charge is 0.347 e. The van der Waals surface area contributed by atoms with Gasteiger partial charge in [0.05, 0.1) is 0 Å². The Balaban J connectivity index is 2.05. The highest BCUT2D eigenvalue weighted by Crippen LogP contribution is 2.33. The van der Waals surface area contributed by atoms with Gasteiger partial charge in [-0.1, -0.05) is 6.92 Å². The van der Waals surface area contributed by atoms with Crippen LogP contribution in [0, 0.1) is 5.92 Å². The van der Waals surface area contributed by atoms with E-state index >= 15 is 0 Å². The van der Waals surface area contributed by atoms with Gasteiger partial charge in [0.1, 0.15) is 0 Å². The maximum Gasteiger partial charge on any atom is 0.347 e. The Morgan fingerprint density at radius 3 is 3.07 bits per heavy atom. The monoisotopic (exact) mass is 207 g/mol. The predicted molar refractivity (Wildman–Crippen MR) is 58.7 cm³/mol. The Labute approximate surface area is 89.3 Å². The highest BCUT2D eigenvalue weighted by molar-refractivity contribution is 4.89. The first-order valence-electron chi connectivity index (χ1n) is 5.56. The van der Waals surface area contributed by atoms with Crippen molar-refractivity contribution < 1.29 is 0 Å². The zero-order valence-corrected chi connectivity index (χ0v) is 9.02. The Kier molecular flexibility index (Phi) is 3.16. The Morgan fingerprint density at radius 1 is 1.67 bits per heavy atom. The SMILES string of the molecule is CCNC(Cn1cccnc1=O)C1CC1. The number of hydrogen-bond donors (Lipinski definition) is 1. The molecule has 0 spiro atoms. The number of hydrogen-bond acceptors (Lipinski definition) is 3. The molecule has 0 aliphatic heterocycles. The van der Waals surface area contributed by atoms with Crippen molar-refractivity contribution in [2.45, 2.75) is 32.4 Å². The zero-order valence-electron chi connectivity index (χ0n) is 9.02. The van der Waals surface area contributed by atoms with Crippen LogP contribution in [-0.2, 0) is 6.54 Å². The highest BCUT2D eigenvalue weighted by Gasteiger charge is 2.30. The minimum Gasteiger partial charge on any atom is -0.312 e. The first-order chi connectivity index (χ1) is 7.31. The Hall–Kier alpha value is -1.16. The summed E-state index contributed by atoms with van der Waals surface area (Å²) in [7, 11) is 0. The molecule has 0 amide bonds. The Morgan fingerprint density at radius 2 is 2.47 bits per heavy atom. The summed E-state index contributed by atoms with van der Waals surface area (Å²) in [5, 5.41) is 3.43. The molecule has 0 saturated heterocycles. The number of aromatic nitrogens is 2. The smallest absolute Gasteiger partial charge is 0.312 e. The first kappa shape index (κ1) is 10.4. The van der Waals surface area contributed by atoms with E-state index in [0.29, 0.717) is 6.04 Å². The average molecular weight is 207 g/mol. The lowest BCUT2D eigenvalue weighted by Gasteiger charge is -2.17. The number of nitrogens with zero attached hydrogens (tertiary/aromatic N) is 2. The van der Waals surface area contributed by atoms with Crippen molar-refractivity contribution in [2.75, 3.05) is 6.54 Å². The van der Waals surface area contributed by atoms with Gasteiger partial charge in [-0.25, -0.2) is 9.78 Å². The van der Waals surface area contributed by atoms with Crippen LogP contribution in [0.3, 0.4) is 0 Å². The number of likely N-dealkylation sites (N-methyl/N-ethyl adjacent to an activating group) is 1. The molecular weight excluding hydrogens is 190 g/mol. The fourth-order valence-corrected chi connectivity index (χ4v) is 1.88. The van der Waals surface area contributed by atoms with E-state index in [9.17, 15) is 4.79 Å². The molecule has 0 aromatic carbocycles. The summed E-state index contributed by atoms with van der Waals surface area (Å²) in [6.45, 7) is 3.79. The van der Waals surface area contributed by atoms with E-state index in [1.165, 1.54) is 19.0 Å². The third-order valence-electron chi connectivity index (χ3n) is 2.83. The molecule has 1 N–H and O–H groups in total. The molecule has 1 aliphatic carbocycles. The maximum absolute atomic E-state index is 11.4. The van der Waals surface area contributed by atoms with Crippen molar-refractivity contribution in [1.82, 2.24) is 14.9 Å². The second-order valence-electron chi connectivity index (χ2n) is 4.06. The molecule has 4 heteroatoms. The molecule has 1 aromatic heterocycles. The van der Waals surface area contributed by atoms with E-state index < -0.39 is 0 Å². The molecule has 1 atom stereocenters. The fraction of sp³-hybridized carbons (Fsp3) is 0.636. The summed E-state index contributed by atoms with van der Waals surface area (Å²) in [5.74, 6) is 0.747. The summed E-state index contributed by atoms with van der Waals surface area (Å²) in [6, 6.07) is 2.23. The quantitative estimate of drug-likeness (QED) is 0.770. The van der Waals surface area contributed by atoms with Crippen LogP contribution in [0.4, 0.5) is 0 Å². The molecule has 1 saturated carbocycles. The van der Waals surface area contributed by atoms with Gasteiger partial charge in [-0.2, -0.15) is 0 Å². The lowest BCUT2D eigenvalue weighted by molar-refractivity contribution is 0.407. The number of rotatable bonds is 5. The van der Waals surface area contributed by atoms with Crippen LogP contribution >= 0.6 is 0 Å². The Bertz CT molecular complexity index is 370. The van der Waals surface area contributed by atoms with Gasteiger partial charge in [-0.05, 0) is 31.4 Å². The topological polar surface area (TPSA) is 46.9 Å². The van der Waals surface area contributed by atoms with Crippen LogP contribution in [0.5, 0.6) is 0 Å².